The lowest BCUT2D eigenvalue weighted by Crippen LogP contribution is -2.51. The van der Waals surface area contributed by atoms with E-state index in [1.165, 1.54) is 17.5 Å². The maximum Gasteiger partial charge on any atom is 0.297 e. The van der Waals surface area contributed by atoms with Crippen LogP contribution >= 0.6 is 0 Å². The van der Waals surface area contributed by atoms with Gasteiger partial charge in [-0.1, -0.05) is 67.4 Å². The van der Waals surface area contributed by atoms with Crippen molar-refractivity contribution in [2.45, 2.75) is 38.0 Å². The first-order valence-electron chi connectivity index (χ1n) is 15.5. The van der Waals surface area contributed by atoms with E-state index in [9.17, 15) is 9.59 Å². The van der Waals surface area contributed by atoms with Gasteiger partial charge >= 0.3 is 0 Å². The van der Waals surface area contributed by atoms with Crippen molar-refractivity contribution in [3.05, 3.63) is 113 Å². The molecule has 0 bridgehead atoms. The van der Waals surface area contributed by atoms with Crippen molar-refractivity contribution < 1.29 is 4.79 Å². The van der Waals surface area contributed by atoms with E-state index in [0.29, 0.717) is 50.7 Å². The van der Waals surface area contributed by atoms with Gasteiger partial charge in [0.25, 0.3) is 5.56 Å². The first kappa shape index (κ1) is 28.6. The van der Waals surface area contributed by atoms with Crippen LogP contribution in [0.25, 0.3) is 5.69 Å². The Morgan fingerprint density at radius 3 is 2.26 bits per heavy atom. The second-order valence-electron chi connectivity index (χ2n) is 11.7. The molecule has 2 aliphatic rings. The predicted octanol–water partition coefficient (Wildman–Crippen LogP) is 4.93. The van der Waals surface area contributed by atoms with Gasteiger partial charge in [-0.3, -0.25) is 14.6 Å². The predicted molar refractivity (Wildman–Crippen MR) is 171 cm³/mol. The van der Waals surface area contributed by atoms with Crippen LogP contribution < -0.4 is 15.4 Å². The molecule has 0 spiro atoms. The Balaban J connectivity index is 1.24. The number of para-hydroxylation sites is 1. The Morgan fingerprint density at radius 2 is 1.58 bits per heavy atom. The van der Waals surface area contributed by atoms with E-state index >= 15 is 0 Å². The molecular formula is C35H40N6O2. The number of carbonyl (C=O) groups is 1. The summed E-state index contributed by atoms with van der Waals surface area (Å²) < 4.78 is 1.47. The third kappa shape index (κ3) is 6.33. The molecule has 2 fully saturated rings. The van der Waals surface area contributed by atoms with Crippen LogP contribution in [0, 0.1) is 5.92 Å². The number of pyridine rings is 1. The van der Waals surface area contributed by atoms with E-state index in [1.807, 2.05) is 89.8 Å². The lowest BCUT2D eigenvalue weighted by Gasteiger charge is -2.39. The molecule has 1 saturated heterocycles. The lowest BCUT2D eigenvalue weighted by atomic mass is 9.83. The normalized spacial score (nSPS) is 16.3. The molecule has 43 heavy (non-hydrogen) atoms. The Labute approximate surface area is 253 Å². The van der Waals surface area contributed by atoms with Crippen molar-refractivity contribution in [3.8, 4) is 5.69 Å². The van der Waals surface area contributed by atoms with Crippen LogP contribution in [0.15, 0.2) is 96.1 Å². The molecule has 3 heterocycles. The van der Waals surface area contributed by atoms with Crippen LogP contribution in [-0.4, -0.2) is 65.3 Å². The average molecular weight is 577 g/mol. The zero-order valence-electron chi connectivity index (χ0n) is 24.9. The quantitative estimate of drug-likeness (QED) is 0.281. The average Bonchev–Trinajstić information content (AvgIpc) is 3.59. The summed E-state index contributed by atoms with van der Waals surface area (Å²) in [5, 5.41) is 4.60. The van der Waals surface area contributed by atoms with Crippen molar-refractivity contribution in [2.24, 2.45) is 5.92 Å². The molecule has 1 amide bonds. The Bertz CT molecular complexity index is 1550. The second kappa shape index (κ2) is 13.2. The zero-order chi connectivity index (χ0) is 29.6. The molecule has 6 rings (SSSR count). The van der Waals surface area contributed by atoms with Crippen LogP contribution in [-0.2, 0) is 11.2 Å². The zero-order valence-corrected chi connectivity index (χ0v) is 24.9. The van der Waals surface area contributed by atoms with Crippen LogP contribution in [0.4, 0.5) is 11.4 Å². The van der Waals surface area contributed by atoms with Crippen LogP contribution in [0.1, 0.15) is 42.9 Å². The molecule has 1 unspecified atom stereocenters. The number of amides is 1. The van der Waals surface area contributed by atoms with Gasteiger partial charge in [-0.25, -0.2) is 0 Å². The molecule has 8 nitrogen and oxygen atoms in total. The van der Waals surface area contributed by atoms with Crippen molar-refractivity contribution in [3.63, 3.8) is 0 Å². The summed E-state index contributed by atoms with van der Waals surface area (Å²) in [7, 11) is 1.96. The summed E-state index contributed by atoms with van der Waals surface area (Å²) in [6, 6.07) is 25.8. The molecule has 1 aliphatic carbocycles. The van der Waals surface area contributed by atoms with Gasteiger partial charge in [0.2, 0.25) is 5.91 Å². The maximum absolute atomic E-state index is 14.0. The van der Waals surface area contributed by atoms with Crippen molar-refractivity contribution in [1.82, 2.24) is 19.7 Å². The van der Waals surface area contributed by atoms with E-state index < -0.39 is 0 Å². The molecule has 1 aliphatic heterocycles. The number of piperazine rings is 1. The molecule has 222 valence electrons. The summed E-state index contributed by atoms with van der Waals surface area (Å²) in [5.74, 6) is 0.560. The van der Waals surface area contributed by atoms with E-state index in [4.69, 9.17) is 0 Å². The first-order valence-corrected chi connectivity index (χ1v) is 15.5. The van der Waals surface area contributed by atoms with Crippen molar-refractivity contribution >= 4 is 17.3 Å². The van der Waals surface area contributed by atoms with Gasteiger partial charge in [-0.2, -0.15) is 9.78 Å². The SMILES string of the molecule is CN(CCc1ccccn1)c1c(N2CCN(C(=O)C(c3ccccc3)C3CCCC3)CC2)cnn(-c2ccccc2)c1=O. The minimum absolute atomic E-state index is 0.0833. The van der Waals surface area contributed by atoms with Crippen molar-refractivity contribution in [1.29, 1.82) is 0 Å². The molecule has 0 N–H and O–H groups in total. The number of benzene rings is 2. The van der Waals surface area contributed by atoms with Crippen molar-refractivity contribution in [2.75, 3.05) is 49.6 Å². The largest absolute Gasteiger partial charge is 0.368 e. The van der Waals surface area contributed by atoms with Gasteiger partial charge in [-0.05, 0) is 48.6 Å². The minimum Gasteiger partial charge on any atom is -0.368 e. The van der Waals surface area contributed by atoms with E-state index in [1.54, 1.807) is 6.20 Å². The van der Waals surface area contributed by atoms with Crippen LogP contribution in [0.5, 0.6) is 0 Å². The second-order valence-corrected chi connectivity index (χ2v) is 11.7. The molecule has 4 aromatic rings. The first-order chi connectivity index (χ1) is 21.1. The number of rotatable bonds is 9. The smallest absolute Gasteiger partial charge is 0.297 e. The number of hydrogen-bond acceptors (Lipinski definition) is 6. The lowest BCUT2D eigenvalue weighted by molar-refractivity contribution is -0.134. The number of nitrogens with zero attached hydrogens (tertiary/aromatic N) is 6. The Kier molecular flexibility index (Phi) is 8.82. The standard InChI is InChI=1S/C35H40N6O2/c1-38(21-19-29-16-10-11-20-36-29)33-31(26-37-41(35(33)43)30-17-6-3-7-18-30)39-22-24-40(25-23-39)34(42)32(28-14-8-9-15-28)27-12-4-2-5-13-27/h2-7,10-13,16-18,20,26,28,32H,8-9,14-15,19,21-25H2,1H3. The molecule has 0 radical (unpaired) electrons. The molecule has 2 aromatic heterocycles. The van der Waals surface area contributed by atoms with E-state index in [0.717, 1.165) is 35.5 Å². The fraction of sp³-hybridized carbons (Fsp3) is 0.371. The highest BCUT2D eigenvalue weighted by Crippen LogP contribution is 2.39. The van der Waals surface area contributed by atoms with Gasteiger partial charge in [-0.15, -0.1) is 0 Å². The number of aromatic nitrogens is 3. The monoisotopic (exact) mass is 576 g/mol. The maximum atomic E-state index is 14.0. The summed E-state index contributed by atoms with van der Waals surface area (Å²) in [6.07, 6.45) is 8.95. The topological polar surface area (TPSA) is 74.6 Å². The van der Waals surface area contributed by atoms with Gasteiger partial charge in [0.1, 0.15) is 5.69 Å². The molecule has 1 atom stereocenters. The summed E-state index contributed by atoms with van der Waals surface area (Å²) in [4.78, 5) is 38.8. The summed E-state index contributed by atoms with van der Waals surface area (Å²) >= 11 is 0. The van der Waals surface area contributed by atoms with E-state index in [-0.39, 0.29) is 17.4 Å². The number of carbonyl (C=O) groups excluding carboxylic acids is 1. The van der Waals surface area contributed by atoms with Gasteiger partial charge < -0.3 is 14.7 Å². The molecule has 8 heteroatoms. The van der Waals surface area contributed by atoms with Gasteiger partial charge in [0, 0.05) is 58.1 Å². The number of anilines is 2. The Hall–Kier alpha value is -4.46. The highest BCUT2D eigenvalue weighted by molar-refractivity contribution is 5.84. The summed E-state index contributed by atoms with van der Waals surface area (Å²) in [6.45, 7) is 3.17. The fourth-order valence-corrected chi connectivity index (χ4v) is 6.65. The number of hydrogen-bond donors (Lipinski definition) is 0. The summed E-state index contributed by atoms with van der Waals surface area (Å²) in [5.41, 5.74) is 4.11. The third-order valence-corrected chi connectivity index (χ3v) is 8.97. The molecule has 2 aromatic carbocycles. The number of likely N-dealkylation sites (N-methyl/N-ethyl adjacent to an activating group) is 1. The fourth-order valence-electron chi connectivity index (χ4n) is 6.65. The van der Waals surface area contributed by atoms with Gasteiger partial charge in [0.05, 0.1) is 23.5 Å². The Morgan fingerprint density at radius 1 is 0.907 bits per heavy atom. The highest BCUT2D eigenvalue weighted by Gasteiger charge is 2.36. The molecular weight excluding hydrogens is 536 g/mol. The highest BCUT2D eigenvalue weighted by atomic mass is 16.2. The minimum atomic E-state index is -0.156. The van der Waals surface area contributed by atoms with Gasteiger partial charge in [0.15, 0.2) is 0 Å². The van der Waals surface area contributed by atoms with Crippen LogP contribution in [0.2, 0.25) is 0 Å². The molecule has 1 saturated carbocycles. The third-order valence-electron chi connectivity index (χ3n) is 8.97. The van der Waals surface area contributed by atoms with E-state index in [2.05, 4.69) is 27.1 Å². The van der Waals surface area contributed by atoms with Crippen LogP contribution in [0.3, 0.4) is 0 Å².